The first-order chi connectivity index (χ1) is 32.2. The van der Waals surface area contributed by atoms with Gasteiger partial charge in [0.1, 0.15) is 18.3 Å². The number of rotatable bonds is 12. The minimum atomic E-state index is -0.663. The minimum absolute atomic E-state index is 0.00150. The van der Waals surface area contributed by atoms with Crippen molar-refractivity contribution in [1.82, 2.24) is 14.7 Å². The molecule has 6 unspecified atom stereocenters. The van der Waals surface area contributed by atoms with Crippen LogP contribution in [0.4, 0.5) is 0 Å². The molecule has 372 valence electrons. The normalized spacial score (nSPS) is 27.2. The van der Waals surface area contributed by atoms with Gasteiger partial charge in [0.15, 0.2) is 0 Å². The maximum absolute atomic E-state index is 15.2. The Hall–Kier alpha value is -4.83. The fourth-order valence-corrected chi connectivity index (χ4v) is 12.5. The van der Waals surface area contributed by atoms with Gasteiger partial charge in [-0.15, -0.1) is 0 Å². The van der Waals surface area contributed by atoms with Crippen LogP contribution in [0, 0.1) is 17.8 Å². The lowest BCUT2D eigenvalue weighted by Crippen LogP contribution is -2.66. The van der Waals surface area contributed by atoms with E-state index in [0.717, 1.165) is 17.5 Å². The Morgan fingerprint density at radius 2 is 0.710 bits per heavy atom. The average Bonchev–Trinajstić information content (AvgIpc) is 3.29. The van der Waals surface area contributed by atoms with Crippen molar-refractivity contribution >= 4 is 17.9 Å². The van der Waals surface area contributed by atoms with Crippen molar-refractivity contribution in [2.75, 3.05) is 21.1 Å². The molecule has 0 spiro atoms. The Morgan fingerprint density at radius 1 is 0.420 bits per heavy atom. The second-order valence-electron chi connectivity index (χ2n) is 24.2. The molecule has 3 saturated heterocycles. The highest BCUT2D eigenvalue weighted by Gasteiger charge is 2.54. The monoisotopic (exact) mass is 940 g/mol. The highest BCUT2D eigenvalue weighted by atomic mass is 16.6. The van der Waals surface area contributed by atoms with Crippen molar-refractivity contribution in [2.24, 2.45) is 17.8 Å². The van der Waals surface area contributed by atoms with E-state index in [9.17, 15) is 4.79 Å². The number of carbonyl (C=O) groups is 3. The molecule has 3 heterocycles. The standard InChI is InChI=1S/C60H81N3O6/c1-55(2)37-49(46(58(7,8)61(55)13)33-40-25-19-16-20-26-40)67-52(64)43-31-32-44(53(65)68-50-38-56(3,4)62(14)59(9,10)47(50)34-41-27-21-17-22-28-41)45(36-43)54(66)69-51-39-57(5,6)63(15)60(11,12)48(51)35-42-29-23-18-24-30-42/h16-32,36,46-51H,33-35,37-39H2,1-15H3. The number of hydrogen-bond donors (Lipinski definition) is 0. The Labute approximate surface area is 414 Å². The van der Waals surface area contributed by atoms with Crippen LogP contribution in [0.5, 0.6) is 0 Å². The van der Waals surface area contributed by atoms with Gasteiger partial charge in [0.2, 0.25) is 0 Å². The lowest BCUT2D eigenvalue weighted by Gasteiger charge is -2.57. The molecule has 0 aliphatic carbocycles. The molecule has 0 saturated carbocycles. The van der Waals surface area contributed by atoms with Gasteiger partial charge in [0.05, 0.1) is 16.7 Å². The number of likely N-dealkylation sites (tertiary alicyclic amines) is 3. The van der Waals surface area contributed by atoms with Crippen LogP contribution in [-0.2, 0) is 33.5 Å². The highest BCUT2D eigenvalue weighted by molar-refractivity contribution is 6.05. The van der Waals surface area contributed by atoms with Crippen LogP contribution in [0.1, 0.15) is 150 Å². The molecule has 0 amide bonds. The van der Waals surface area contributed by atoms with Gasteiger partial charge in [-0.05, 0) is 158 Å². The summed E-state index contributed by atoms with van der Waals surface area (Å²) in [5.41, 5.74) is 1.79. The molecule has 3 aliphatic heterocycles. The lowest BCUT2D eigenvalue weighted by molar-refractivity contribution is -0.118. The summed E-state index contributed by atoms with van der Waals surface area (Å²) in [6.45, 7) is 26.4. The van der Waals surface area contributed by atoms with Gasteiger partial charge in [0.25, 0.3) is 0 Å². The fraction of sp³-hybridized carbons (Fsp3) is 0.550. The predicted molar refractivity (Wildman–Crippen MR) is 277 cm³/mol. The molecule has 0 radical (unpaired) electrons. The van der Waals surface area contributed by atoms with E-state index in [4.69, 9.17) is 14.2 Å². The van der Waals surface area contributed by atoms with Crippen LogP contribution >= 0.6 is 0 Å². The molecular formula is C60H81N3O6. The summed E-state index contributed by atoms with van der Waals surface area (Å²) in [7, 11) is 6.45. The number of benzene rings is 4. The summed E-state index contributed by atoms with van der Waals surface area (Å²) in [6, 6.07) is 35.7. The maximum atomic E-state index is 15.2. The number of hydrogen-bond acceptors (Lipinski definition) is 9. The smallest absolute Gasteiger partial charge is 0.339 e. The summed E-state index contributed by atoms with van der Waals surface area (Å²) in [4.78, 5) is 52.1. The molecule has 7 rings (SSSR count). The molecule has 3 fully saturated rings. The first kappa shape index (κ1) is 52.0. The third-order valence-corrected chi connectivity index (χ3v) is 17.9. The van der Waals surface area contributed by atoms with Crippen molar-refractivity contribution in [3.8, 4) is 0 Å². The maximum Gasteiger partial charge on any atom is 0.339 e. The van der Waals surface area contributed by atoms with Crippen LogP contribution in [-0.4, -0.2) is 105 Å². The first-order valence-electron chi connectivity index (χ1n) is 25.3. The van der Waals surface area contributed by atoms with E-state index in [-0.39, 0.29) is 67.7 Å². The van der Waals surface area contributed by atoms with E-state index < -0.39 is 36.2 Å². The van der Waals surface area contributed by atoms with Gasteiger partial charge < -0.3 is 14.2 Å². The molecule has 0 bridgehead atoms. The Kier molecular flexibility index (Phi) is 14.6. The molecule has 9 heteroatoms. The van der Waals surface area contributed by atoms with Gasteiger partial charge in [0, 0.05) is 70.2 Å². The quantitative estimate of drug-likeness (QED) is 0.102. The zero-order valence-corrected chi connectivity index (χ0v) is 44.4. The van der Waals surface area contributed by atoms with E-state index in [0.29, 0.717) is 32.1 Å². The molecule has 9 nitrogen and oxygen atoms in total. The van der Waals surface area contributed by atoms with Crippen LogP contribution < -0.4 is 0 Å². The highest BCUT2D eigenvalue weighted by Crippen LogP contribution is 2.47. The number of carbonyl (C=O) groups excluding carboxylic acids is 3. The molecule has 0 aromatic heterocycles. The summed E-state index contributed by atoms with van der Waals surface area (Å²) in [5.74, 6) is -2.03. The third-order valence-electron chi connectivity index (χ3n) is 17.9. The molecule has 4 aromatic carbocycles. The number of ether oxygens (including phenoxy) is 3. The first-order valence-corrected chi connectivity index (χ1v) is 25.3. The largest absolute Gasteiger partial charge is 0.458 e. The molecule has 69 heavy (non-hydrogen) atoms. The van der Waals surface area contributed by atoms with Gasteiger partial charge >= 0.3 is 17.9 Å². The Balaban J connectivity index is 1.27. The van der Waals surface area contributed by atoms with Crippen LogP contribution in [0.15, 0.2) is 109 Å². The van der Waals surface area contributed by atoms with E-state index in [2.05, 4.69) is 155 Å². The van der Waals surface area contributed by atoms with Gasteiger partial charge in [-0.2, -0.15) is 0 Å². The Morgan fingerprint density at radius 3 is 1.03 bits per heavy atom. The summed E-state index contributed by atoms with van der Waals surface area (Å²) in [5, 5.41) is 0. The molecule has 0 N–H and O–H groups in total. The predicted octanol–water partition coefficient (Wildman–Crippen LogP) is 11.5. The zero-order chi connectivity index (χ0) is 50.5. The van der Waals surface area contributed by atoms with Gasteiger partial charge in [-0.3, -0.25) is 14.7 Å². The summed E-state index contributed by atoms with van der Waals surface area (Å²) >= 11 is 0. The molecule has 6 atom stereocenters. The average molecular weight is 940 g/mol. The Bertz CT molecular complexity index is 2440. The fourth-order valence-electron chi connectivity index (χ4n) is 12.5. The number of piperidine rings is 3. The van der Waals surface area contributed by atoms with Crippen molar-refractivity contribution in [3.05, 3.63) is 143 Å². The second-order valence-corrected chi connectivity index (χ2v) is 24.2. The number of nitrogens with zero attached hydrogens (tertiary/aromatic N) is 3. The molecule has 3 aliphatic rings. The van der Waals surface area contributed by atoms with Crippen molar-refractivity contribution < 1.29 is 28.6 Å². The van der Waals surface area contributed by atoms with Crippen LogP contribution in [0.25, 0.3) is 0 Å². The SMILES string of the molecule is CN1C(C)(C)CC(OC(=O)c2ccc(C(=O)OC3CC(C)(C)N(C)C(C)(C)C3Cc3ccccc3)c(C(=O)OC3CC(C)(C)N(C)C(C)(C)C3Cc3ccccc3)c2)C(Cc2ccccc2)C1(C)C. The third kappa shape index (κ3) is 10.6. The van der Waals surface area contributed by atoms with E-state index in [1.807, 2.05) is 54.6 Å². The van der Waals surface area contributed by atoms with Gasteiger partial charge in [-0.1, -0.05) is 91.0 Å². The van der Waals surface area contributed by atoms with E-state index in [1.54, 1.807) is 12.1 Å². The van der Waals surface area contributed by atoms with E-state index in [1.165, 1.54) is 11.6 Å². The van der Waals surface area contributed by atoms with Crippen LogP contribution in [0.2, 0.25) is 0 Å². The lowest BCUT2D eigenvalue weighted by atomic mass is 9.68. The molecule has 4 aromatic rings. The van der Waals surface area contributed by atoms with E-state index >= 15 is 9.59 Å². The second kappa shape index (κ2) is 19.4. The number of esters is 3. The van der Waals surface area contributed by atoms with Crippen molar-refractivity contribution in [2.45, 2.75) is 173 Å². The summed E-state index contributed by atoms with van der Waals surface area (Å²) in [6.07, 6.45) is 2.47. The van der Waals surface area contributed by atoms with Gasteiger partial charge in [-0.25, -0.2) is 14.4 Å². The van der Waals surface area contributed by atoms with Crippen molar-refractivity contribution in [3.63, 3.8) is 0 Å². The van der Waals surface area contributed by atoms with Crippen molar-refractivity contribution in [1.29, 1.82) is 0 Å². The minimum Gasteiger partial charge on any atom is -0.458 e. The summed E-state index contributed by atoms with van der Waals surface area (Å²) < 4.78 is 20.1. The molecular weight excluding hydrogens is 859 g/mol. The van der Waals surface area contributed by atoms with Crippen LogP contribution in [0.3, 0.4) is 0 Å². The topological polar surface area (TPSA) is 88.6 Å². The zero-order valence-electron chi connectivity index (χ0n) is 44.4.